The minimum Gasteiger partial charge on any atom is -0.386 e. The van der Waals surface area contributed by atoms with Crippen LogP contribution in [0.2, 0.25) is 0 Å². The Balaban J connectivity index is 3.22. The molecule has 0 aliphatic carbocycles. The lowest BCUT2D eigenvalue weighted by Crippen LogP contribution is -2.21. The van der Waals surface area contributed by atoms with Crippen LogP contribution >= 0.6 is 0 Å². The van der Waals surface area contributed by atoms with Crippen molar-refractivity contribution in [2.75, 3.05) is 13.2 Å². The third kappa shape index (κ3) is 4.47. The van der Waals surface area contributed by atoms with Gasteiger partial charge in [-0.3, -0.25) is 4.79 Å². The van der Waals surface area contributed by atoms with Gasteiger partial charge in [-0.05, 0) is 13.3 Å². The summed E-state index contributed by atoms with van der Waals surface area (Å²) >= 11 is 0. The molecule has 0 saturated carbocycles. The SMILES string of the molecule is CCCOCC(=O)C(C)O. The zero-order chi connectivity index (χ0) is 7.98. The highest BCUT2D eigenvalue weighted by atomic mass is 16.5. The van der Waals surface area contributed by atoms with Crippen LogP contribution in [-0.4, -0.2) is 30.2 Å². The van der Waals surface area contributed by atoms with Crippen LogP contribution < -0.4 is 0 Å². The van der Waals surface area contributed by atoms with Gasteiger partial charge in [-0.25, -0.2) is 0 Å². The Bertz CT molecular complexity index is 99.0. The number of carbonyl (C=O) groups is 1. The maximum atomic E-state index is 10.6. The van der Waals surface area contributed by atoms with E-state index in [1.54, 1.807) is 0 Å². The fraction of sp³-hybridized carbons (Fsp3) is 0.857. The molecule has 0 saturated heterocycles. The number of hydrogen-bond donors (Lipinski definition) is 1. The first-order valence-corrected chi connectivity index (χ1v) is 3.47. The highest BCUT2D eigenvalue weighted by molar-refractivity contribution is 5.83. The van der Waals surface area contributed by atoms with Gasteiger partial charge in [0.2, 0.25) is 0 Å². The van der Waals surface area contributed by atoms with Gasteiger partial charge in [0, 0.05) is 6.61 Å². The topological polar surface area (TPSA) is 46.5 Å². The molecule has 0 bridgehead atoms. The summed E-state index contributed by atoms with van der Waals surface area (Å²) in [5, 5.41) is 8.69. The molecule has 1 N–H and O–H groups in total. The zero-order valence-electron chi connectivity index (χ0n) is 6.46. The van der Waals surface area contributed by atoms with Gasteiger partial charge >= 0.3 is 0 Å². The number of ether oxygens (including phenoxy) is 1. The molecule has 10 heavy (non-hydrogen) atoms. The minimum absolute atomic E-state index is 0.0332. The predicted molar refractivity (Wildman–Crippen MR) is 37.8 cm³/mol. The lowest BCUT2D eigenvalue weighted by Gasteiger charge is -2.02. The largest absolute Gasteiger partial charge is 0.386 e. The maximum absolute atomic E-state index is 10.6. The summed E-state index contributed by atoms with van der Waals surface area (Å²) < 4.78 is 4.90. The zero-order valence-corrected chi connectivity index (χ0v) is 6.46. The monoisotopic (exact) mass is 146 g/mol. The molecule has 0 aliphatic heterocycles. The Morgan fingerprint density at radius 3 is 2.70 bits per heavy atom. The number of ketones is 1. The fourth-order valence-corrected chi connectivity index (χ4v) is 0.438. The van der Waals surface area contributed by atoms with Crippen molar-refractivity contribution < 1.29 is 14.6 Å². The molecule has 0 rings (SSSR count). The highest BCUT2D eigenvalue weighted by Crippen LogP contribution is 1.86. The van der Waals surface area contributed by atoms with Crippen molar-refractivity contribution in [2.24, 2.45) is 0 Å². The van der Waals surface area contributed by atoms with Crippen molar-refractivity contribution >= 4 is 5.78 Å². The van der Waals surface area contributed by atoms with Gasteiger partial charge in [0.1, 0.15) is 12.7 Å². The van der Waals surface area contributed by atoms with E-state index in [0.717, 1.165) is 6.42 Å². The summed E-state index contributed by atoms with van der Waals surface area (Å²) in [5.41, 5.74) is 0. The number of rotatable bonds is 5. The molecule has 0 aromatic rings. The number of aliphatic hydroxyl groups is 1. The van der Waals surface area contributed by atoms with E-state index in [2.05, 4.69) is 0 Å². The number of aliphatic hydroxyl groups excluding tert-OH is 1. The van der Waals surface area contributed by atoms with Gasteiger partial charge in [0.15, 0.2) is 5.78 Å². The van der Waals surface area contributed by atoms with Crippen LogP contribution in [0.4, 0.5) is 0 Å². The van der Waals surface area contributed by atoms with E-state index < -0.39 is 6.10 Å². The van der Waals surface area contributed by atoms with Crippen LogP contribution in [0.3, 0.4) is 0 Å². The third-order valence-electron chi connectivity index (χ3n) is 1.06. The van der Waals surface area contributed by atoms with E-state index >= 15 is 0 Å². The Hall–Kier alpha value is -0.410. The minimum atomic E-state index is -0.892. The Kier molecular flexibility index (Phi) is 5.16. The van der Waals surface area contributed by atoms with Crippen LogP contribution in [0.15, 0.2) is 0 Å². The number of carbonyl (C=O) groups excluding carboxylic acids is 1. The Morgan fingerprint density at radius 1 is 1.70 bits per heavy atom. The van der Waals surface area contributed by atoms with Gasteiger partial charge in [0.05, 0.1) is 0 Å². The average Bonchev–Trinajstić information content (AvgIpc) is 1.88. The van der Waals surface area contributed by atoms with E-state index in [1.807, 2.05) is 6.92 Å². The summed E-state index contributed by atoms with van der Waals surface area (Å²) in [6, 6.07) is 0. The molecule has 3 nitrogen and oxygen atoms in total. The van der Waals surface area contributed by atoms with Crippen molar-refractivity contribution in [3.8, 4) is 0 Å². The number of Topliss-reactive ketones (excluding diaryl/α,β-unsaturated/α-hetero) is 1. The second-order valence-corrected chi connectivity index (χ2v) is 2.19. The molecule has 3 heteroatoms. The normalized spacial score (nSPS) is 13.1. The van der Waals surface area contributed by atoms with Crippen molar-refractivity contribution in [3.63, 3.8) is 0 Å². The van der Waals surface area contributed by atoms with E-state index in [4.69, 9.17) is 9.84 Å². The van der Waals surface area contributed by atoms with Crippen LogP contribution in [0.25, 0.3) is 0 Å². The van der Waals surface area contributed by atoms with Crippen LogP contribution in [0, 0.1) is 0 Å². The van der Waals surface area contributed by atoms with Crippen molar-refractivity contribution in [3.05, 3.63) is 0 Å². The van der Waals surface area contributed by atoms with Crippen molar-refractivity contribution in [1.82, 2.24) is 0 Å². The van der Waals surface area contributed by atoms with Crippen molar-refractivity contribution in [1.29, 1.82) is 0 Å². The summed E-state index contributed by atoms with van der Waals surface area (Å²) in [4.78, 5) is 10.6. The second kappa shape index (κ2) is 5.38. The lowest BCUT2D eigenvalue weighted by atomic mass is 10.3. The Morgan fingerprint density at radius 2 is 2.30 bits per heavy atom. The maximum Gasteiger partial charge on any atom is 0.186 e. The van der Waals surface area contributed by atoms with Crippen LogP contribution in [-0.2, 0) is 9.53 Å². The fourth-order valence-electron chi connectivity index (χ4n) is 0.438. The molecular weight excluding hydrogens is 132 g/mol. The lowest BCUT2D eigenvalue weighted by molar-refractivity contribution is -0.130. The quantitative estimate of drug-likeness (QED) is 0.570. The van der Waals surface area contributed by atoms with Crippen molar-refractivity contribution in [2.45, 2.75) is 26.4 Å². The molecular formula is C7H14O3. The first-order valence-electron chi connectivity index (χ1n) is 3.47. The van der Waals surface area contributed by atoms with E-state index in [-0.39, 0.29) is 12.4 Å². The molecule has 0 aromatic heterocycles. The van der Waals surface area contributed by atoms with Gasteiger partial charge < -0.3 is 9.84 Å². The van der Waals surface area contributed by atoms with E-state index in [9.17, 15) is 4.79 Å². The standard InChI is InChI=1S/C7H14O3/c1-3-4-10-5-7(9)6(2)8/h6,8H,3-5H2,1-2H3. The molecule has 1 atom stereocenters. The molecule has 0 aromatic carbocycles. The molecule has 0 heterocycles. The highest BCUT2D eigenvalue weighted by Gasteiger charge is 2.07. The predicted octanol–water partition coefficient (Wildman–Crippen LogP) is 0.363. The van der Waals surface area contributed by atoms with Crippen LogP contribution in [0.1, 0.15) is 20.3 Å². The molecule has 0 amide bonds. The first-order chi connectivity index (χ1) is 4.68. The molecule has 60 valence electrons. The molecule has 0 fully saturated rings. The summed E-state index contributed by atoms with van der Waals surface area (Å²) in [6.45, 7) is 4.02. The van der Waals surface area contributed by atoms with E-state index in [0.29, 0.717) is 6.61 Å². The summed E-state index contributed by atoms with van der Waals surface area (Å²) in [5.74, 6) is -0.256. The van der Waals surface area contributed by atoms with Gasteiger partial charge in [-0.1, -0.05) is 6.92 Å². The van der Waals surface area contributed by atoms with Gasteiger partial charge in [-0.15, -0.1) is 0 Å². The molecule has 0 aliphatic rings. The molecule has 1 unspecified atom stereocenters. The summed E-state index contributed by atoms with van der Waals surface area (Å²) in [6.07, 6.45) is 0.00412. The summed E-state index contributed by atoms with van der Waals surface area (Å²) in [7, 11) is 0. The first kappa shape index (κ1) is 9.59. The second-order valence-electron chi connectivity index (χ2n) is 2.19. The molecule has 0 radical (unpaired) electrons. The smallest absolute Gasteiger partial charge is 0.186 e. The number of hydrogen-bond acceptors (Lipinski definition) is 3. The van der Waals surface area contributed by atoms with Gasteiger partial charge in [0.25, 0.3) is 0 Å². The average molecular weight is 146 g/mol. The molecule has 0 spiro atoms. The van der Waals surface area contributed by atoms with Crippen LogP contribution in [0.5, 0.6) is 0 Å². The van der Waals surface area contributed by atoms with Gasteiger partial charge in [-0.2, -0.15) is 0 Å². The van der Waals surface area contributed by atoms with E-state index in [1.165, 1.54) is 6.92 Å². The Labute approximate surface area is 61.0 Å². The third-order valence-corrected chi connectivity index (χ3v) is 1.06.